The third-order valence-electron chi connectivity index (χ3n) is 4.33. The molecule has 0 N–H and O–H groups in total. The zero-order valence-electron chi connectivity index (χ0n) is 13.8. The Labute approximate surface area is 143 Å². The molecule has 0 saturated heterocycles. The van der Waals surface area contributed by atoms with E-state index in [0.29, 0.717) is 26.3 Å². The van der Waals surface area contributed by atoms with Crippen molar-refractivity contribution >= 4 is 10.0 Å². The number of rotatable bonds is 6. The summed E-state index contributed by atoms with van der Waals surface area (Å²) in [7, 11) is -3.55. The fourth-order valence-electron chi connectivity index (χ4n) is 3.05. The van der Waals surface area contributed by atoms with Crippen molar-refractivity contribution < 1.29 is 13.2 Å². The van der Waals surface area contributed by atoms with Crippen LogP contribution >= 0.6 is 0 Å². The van der Waals surface area contributed by atoms with E-state index in [9.17, 15) is 8.42 Å². The molecule has 0 fully saturated rings. The van der Waals surface area contributed by atoms with Gasteiger partial charge in [0.25, 0.3) is 0 Å². The van der Waals surface area contributed by atoms with Crippen LogP contribution in [-0.2, 0) is 27.8 Å². The van der Waals surface area contributed by atoms with Crippen LogP contribution in [0.15, 0.2) is 47.8 Å². The van der Waals surface area contributed by atoms with Gasteiger partial charge in [0.15, 0.2) is 0 Å². The second kappa shape index (κ2) is 7.46. The Bertz CT molecular complexity index is 758. The molecule has 24 heavy (non-hydrogen) atoms. The molecule has 1 aliphatic rings. The SMILES string of the molecule is CCOCCC1CN(S(=O)(=O)c2cccnc2)Cc2cccn2C1. The van der Waals surface area contributed by atoms with Crippen LogP contribution in [-0.4, -0.2) is 42.0 Å². The lowest BCUT2D eigenvalue weighted by molar-refractivity contribution is 0.126. The molecule has 6 nitrogen and oxygen atoms in total. The lowest BCUT2D eigenvalue weighted by atomic mass is 10.1. The molecule has 0 saturated carbocycles. The smallest absolute Gasteiger partial charge is 0.244 e. The van der Waals surface area contributed by atoms with Crippen molar-refractivity contribution in [1.29, 1.82) is 0 Å². The van der Waals surface area contributed by atoms with Crippen LogP contribution in [0.3, 0.4) is 0 Å². The minimum atomic E-state index is -3.55. The van der Waals surface area contributed by atoms with E-state index in [2.05, 4.69) is 9.55 Å². The van der Waals surface area contributed by atoms with Gasteiger partial charge in [-0.3, -0.25) is 4.98 Å². The Morgan fingerprint density at radius 3 is 2.92 bits per heavy atom. The van der Waals surface area contributed by atoms with Crippen LogP contribution in [0.1, 0.15) is 19.0 Å². The molecule has 1 aliphatic heterocycles. The fraction of sp³-hybridized carbons (Fsp3) is 0.471. The average Bonchev–Trinajstić information content (AvgIpc) is 2.94. The van der Waals surface area contributed by atoms with Crippen LogP contribution in [0.2, 0.25) is 0 Å². The topological polar surface area (TPSA) is 64.4 Å². The molecule has 7 heteroatoms. The molecule has 0 radical (unpaired) electrons. The van der Waals surface area contributed by atoms with Gasteiger partial charge in [0.2, 0.25) is 10.0 Å². The van der Waals surface area contributed by atoms with Gasteiger partial charge in [-0.2, -0.15) is 4.31 Å². The van der Waals surface area contributed by atoms with E-state index in [1.807, 2.05) is 25.3 Å². The molecule has 3 heterocycles. The minimum Gasteiger partial charge on any atom is -0.382 e. The normalized spacial score (nSPS) is 19.0. The first kappa shape index (κ1) is 17.1. The Morgan fingerprint density at radius 1 is 1.29 bits per heavy atom. The van der Waals surface area contributed by atoms with Crippen molar-refractivity contribution in [3.05, 3.63) is 48.5 Å². The molecular formula is C17H23N3O3S. The Morgan fingerprint density at radius 2 is 2.17 bits per heavy atom. The summed E-state index contributed by atoms with van der Waals surface area (Å²) in [5, 5.41) is 0. The van der Waals surface area contributed by atoms with E-state index in [1.165, 1.54) is 6.20 Å². The molecule has 0 amide bonds. The first-order valence-electron chi connectivity index (χ1n) is 8.23. The monoisotopic (exact) mass is 349 g/mol. The van der Waals surface area contributed by atoms with Gasteiger partial charge in [-0.15, -0.1) is 0 Å². The van der Waals surface area contributed by atoms with E-state index in [0.717, 1.165) is 18.7 Å². The van der Waals surface area contributed by atoms with Gasteiger partial charge in [0, 0.05) is 50.6 Å². The zero-order chi connectivity index (χ0) is 17.0. The molecule has 1 atom stereocenters. The van der Waals surface area contributed by atoms with Crippen molar-refractivity contribution in [3.8, 4) is 0 Å². The second-order valence-electron chi connectivity index (χ2n) is 5.99. The van der Waals surface area contributed by atoms with Crippen molar-refractivity contribution in [1.82, 2.24) is 13.9 Å². The Hall–Kier alpha value is -1.70. The molecule has 0 aromatic carbocycles. The van der Waals surface area contributed by atoms with Crippen LogP contribution in [0.5, 0.6) is 0 Å². The van der Waals surface area contributed by atoms with E-state index in [4.69, 9.17) is 4.74 Å². The minimum absolute atomic E-state index is 0.219. The molecule has 2 aromatic rings. The summed E-state index contributed by atoms with van der Waals surface area (Å²) >= 11 is 0. The van der Waals surface area contributed by atoms with Gasteiger partial charge in [-0.1, -0.05) is 0 Å². The largest absolute Gasteiger partial charge is 0.382 e. The van der Waals surface area contributed by atoms with Gasteiger partial charge in [0.05, 0.1) is 6.54 Å². The first-order chi connectivity index (χ1) is 11.6. The van der Waals surface area contributed by atoms with Crippen molar-refractivity contribution in [2.24, 2.45) is 5.92 Å². The van der Waals surface area contributed by atoms with Gasteiger partial charge in [-0.25, -0.2) is 8.42 Å². The molecule has 3 rings (SSSR count). The molecule has 2 aromatic heterocycles. The van der Waals surface area contributed by atoms with Crippen LogP contribution in [0.25, 0.3) is 0 Å². The highest BCUT2D eigenvalue weighted by molar-refractivity contribution is 7.89. The summed E-state index contributed by atoms with van der Waals surface area (Å²) in [5.74, 6) is 0.219. The first-order valence-corrected chi connectivity index (χ1v) is 9.67. The predicted molar refractivity (Wildman–Crippen MR) is 90.9 cm³/mol. The molecule has 0 bridgehead atoms. The number of pyridine rings is 1. The molecular weight excluding hydrogens is 326 g/mol. The van der Waals surface area contributed by atoms with Crippen LogP contribution < -0.4 is 0 Å². The quantitative estimate of drug-likeness (QED) is 0.750. The molecule has 1 unspecified atom stereocenters. The number of aromatic nitrogens is 2. The van der Waals surface area contributed by atoms with Gasteiger partial charge < -0.3 is 9.30 Å². The van der Waals surface area contributed by atoms with E-state index in [1.54, 1.807) is 22.6 Å². The molecule has 130 valence electrons. The van der Waals surface area contributed by atoms with Crippen molar-refractivity contribution in [3.63, 3.8) is 0 Å². The fourth-order valence-corrected chi connectivity index (χ4v) is 4.50. The summed E-state index contributed by atoms with van der Waals surface area (Å²) in [5.41, 5.74) is 1.02. The van der Waals surface area contributed by atoms with E-state index < -0.39 is 10.0 Å². The van der Waals surface area contributed by atoms with Gasteiger partial charge in [0.1, 0.15) is 4.90 Å². The third-order valence-corrected chi connectivity index (χ3v) is 6.12. The summed E-state index contributed by atoms with van der Waals surface area (Å²) in [6.45, 7) is 4.99. The van der Waals surface area contributed by atoms with Crippen LogP contribution in [0, 0.1) is 5.92 Å². The molecule has 0 aliphatic carbocycles. The lowest BCUT2D eigenvalue weighted by Crippen LogP contribution is -2.34. The summed E-state index contributed by atoms with van der Waals surface area (Å²) in [4.78, 5) is 4.20. The third kappa shape index (κ3) is 3.68. The maximum absolute atomic E-state index is 13.0. The highest BCUT2D eigenvalue weighted by atomic mass is 32.2. The standard InChI is InChI=1S/C17H23N3O3S/c1-2-23-10-7-15-12-19-9-4-5-16(19)14-20(13-15)24(21,22)17-6-3-8-18-11-17/h3-6,8-9,11,15H,2,7,10,12-14H2,1H3. The lowest BCUT2D eigenvalue weighted by Gasteiger charge is -2.23. The Kier molecular flexibility index (Phi) is 5.33. The van der Waals surface area contributed by atoms with Crippen molar-refractivity contribution in [2.75, 3.05) is 19.8 Å². The molecule has 0 spiro atoms. The average molecular weight is 349 g/mol. The zero-order valence-corrected chi connectivity index (χ0v) is 14.7. The van der Waals surface area contributed by atoms with E-state index >= 15 is 0 Å². The highest BCUT2D eigenvalue weighted by Gasteiger charge is 2.30. The number of ether oxygens (including phenoxy) is 1. The van der Waals surface area contributed by atoms with Gasteiger partial charge >= 0.3 is 0 Å². The number of hydrogen-bond acceptors (Lipinski definition) is 4. The second-order valence-corrected chi connectivity index (χ2v) is 7.93. The number of fused-ring (bicyclic) bond motifs is 1. The highest BCUT2D eigenvalue weighted by Crippen LogP contribution is 2.25. The van der Waals surface area contributed by atoms with Crippen LogP contribution in [0.4, 0.5) is 0 Å². The maximum Gasteiger partial charge on any atom is 0.244 e. The number of hydrogen-bond donors (Lipinski definition) is 0. The number of nitrogens with zero attached hydrogens (tertiary/aromatic N) is 3. The number of sulfonamides is 1. The summed E-state index contributed by atoms with van der Waals surface area (Å²) in [6, 6.07) is 7.20. The van der Waals surface area contributed by atoms with Crippen molar-refractivity contribution in [2.45, 2.75) is 31.3 Å². The van der Waals surface area contributed by atoms with E-state index in [-0.39, 0.29) is 10.8 Å². The maximum atomic E-state index is 13.0. The van der Waals surface area contributed by atoms with Gasteiger partial charge in [-0.05, 0) is 43.5 Å². The summed E-state index contributed by atoms with van der Waals surface area (Å²) < 4.78 is 35.2. The summed E-state index contributed by atoms with van der Waals surface area (Å²) in [6.07, 6.45) is 5.85. The Balaban J connectivity index is 1.86. The predicted octanol–water partition coefficient (Wildman–Crippen LogP) is 2.13.